The summed E-state index contributed by atoms with van der Waals surface area (Å²) in [4.78, 5) is 14.7. The number of nitrogens with zero attached hydrogens (tertiary/aromatic N) is 3. The molecule has 3 saturated heterocycles. The number of halogens is 2. The Kier molecular flexibility index (Phi) is 10.7. The molecule has 1 N–H and O–H groups in total. The molecule has 1 unspecified atom stereocenters. The predicted molar refractivity (Wildman–Crippen MR) is 153 cm³/mol. The summed E-state index contributed by atoms with van der Waals surface area (Å²) in [5.74, 6) is -0.733. The second kappa shape index (κ2) is 13.6. The third kappa shape index (κ3) is 8.84. The van der Waals surface area contributed by atoms with Gasteiger partial charge in [-0.25, -0.2) is 34.7 Å². The molecule has 0 spiro atoms. The zero-order chi connectivity index (χ0) is 29.8. The number of hydrogen-bond acceptors (Lipinski definition) is 6. The van der Waals surface area contributed by atoms with Crippen LogP contribution in [0.2, 0.25) is 0 Å². The van der Waals surface area contributed by atoms with Crippen molar-refractivity contribution in [1.82, 2.24) is 14.1 Å². The van der Waals surface area contributed by atoms with Gasteiger partial charge in [-0.05, 0) is 106 Å². The Morgan fingerprint density at radius 1 is 0.902 bits per heavy atom. The number of amides is 1. The van der Waals surface area contributed by atoms with Gasteiger partial charge in [-0.3, -0.25) is 0 Å². The number of sulfone groups is 1. The smallest absolute Gasteiger partial charge is 0.407 e. The highest BCUT2D eigenvalue weighted by Gasteiger charge is 2.34. The van der Waals surface area contributed by atoms with Crippen LogP contribution in [0.15, 0.2) is 18.2 Å². The fourth-order valence-corrected chi connectivity index (χ4v) is 9.60. The van der Waals surface area contributed by atoms with E-state index >= 15 is 0 Å². The second-order valence-corrected chi connectivity index (χ2v) is 16.4. The highest BCUT2D eigenvalue weighted by Crippen LogP contribution is 2.37. The number of benzene rings is 1. The first kappa shape index (κ1) is 32.1. The molecule has 3 aliphatic rings. The quantitative estimate of drug-likeness (QED) is 0.424. The van der Waals surface area contributed by atoms with E-state index < -0.39 is 42.8 Å². The Morgan fingerprint density at radius 2 is 1.49 bits per heavy atom. The molecule has 0 aromatic heterocycles. The zero-order valence-corrected chi connectivity index (χ0v) is 25.4. The van der Waals surface area contributed by atoms with Crippen LogP contribution in [0, 0.1) is 23.5 Å². The maximum absolute atomic E-state index is 14.1. The van der Waals surface area contributed by atoms with Crippen LogP contribution >= 0.6 is 0 Å². The summed E-state index contributed by atoms with van der Waals surface area (Å²) in [5.41, 5.74) is 0.620. The van der Waals surface area contributed by atoms with Crippen LogP contribution in [-0.2, 0) is 19.9 Å². The largest absolute Gasteiger partial charge is 0.465 e. The van der Waals surface area contributed by atoms with Gasteiger partial charge in [0.2, 0.25) is 10.0 Å². The van der Waals surface area contributed by atoms with Crippen molar-refractivity contribution >= 4 is 26.0 Å². The third-order valence-corrected chi connectivity index (χ3v) is 12.9. The van der Waals surface area contributed by atoms with Gasteiger partial charge in [0.05, 0.1) is 17.3 Å². The minimum absolute atomic E-state index is 0.0858. The van der Waals surface area contributed by atoms with Crippen LogP contribution < -0.4 is 0 Å². The molecule has 0 radical (unpaired) electrons. The number of carboxylic acid groups (broad SMARTS) is 1. The van der Waals surface area contributed by atoms with Crippen LogP contribution in [0.25, 0.3) is 0 Å². The lowest BCUT2D eigenvalue weighted by molar-refractivity contribution is 0.136. The van der Waals surface area contributed by atoms with Gasteiger partial charge in [0.25, 0.3) is 0 Å². The van der Waals surface area contributed by atoms with E-state index in [0.717, 1.165) is 38.5 Å². The monoisotopic (exact) mass is 619 g/mol. The molecule has 232 valence electrons. The molecule has 4 rings (SSSR count). The van der Waals surface area contributed by atoms with Crippen molar-refractivity contribution in [3.8, 4) is 0 Å². The first-order chi connectivity index (χ1) is 19.3. The molecule has 3 fully saturated rings. The average Bonchev–Trinajstić information content (AvgIpc) is 2.92. The molecular formula is C28H43F2N3O6S2. The molecule has 3 aliphatic heterocycles. The number of rotatable bonds is 10. The molecule has 0 bridgehead atoms. The minimum Gasteiger partial charge on any atom is -0.465 e. The summed E-state index contributed by atoms with van der Waals surface area (Å²) in [5, 5.41) is 8.63. The highest BCUT2D eigenvalue weighted by atomic mass is 32.2. The summed E-state index contributed by atoms with van der Waals surface area (Å²) < 4.78 is 79.4. The topological polar surface area (TPSA) is 115 Å². The van der Waals surface area contributed by atoms with E-state index in [1.807, 2.05) is 0 Å². The van der Waals surface area contributed by atoms with E-state index in [2.05, 4.69) is 4.90 Å². The lowest BCUT2D eigenvalue weighted by Gasteiger charge is -2.37. The lowest BCUT2D eigenvalue weighted by atomic mass is 9.78. The fourth-order valence-electron chi connectivity index (χ4n) is 6.80. The number of piperidine rings is 3. The molecule has 1 atom stereocenters. The predicted octanol–water partition coefficient (Wildman–Crippen LogP) is 3.77. The third-order valence-electron chi connectivity index (χ3n) is 9.34. The molecule has 9 nitrogen and oxygen atoms in total. The van der Waals surface area contributed by atoms with Gasteiger partial charge in [-0.1, -0.05) is 0 Å². The Labute approximate surface area is 242 Å². The van der Waals surface area contributed by atoms with Crippen molar-refractivity contribution in [2.24, 2.45) is 11.8 Å². The molecule has 0 aliphatic carbocycles. The van der Waals surface area contributed by atoms with Crippen molar-refractivity contribution in [2.45, 2.75) is 62.5 Å². The van der Waals surface area contributed by atoms with Gasteiger partial charge >= 0.3 is 6.09 Å². The second-order valence-electron chi connectivity index (χ2n) is 12.0. The van der Waals surface area contributed by atoms with Crippen molar-refractivity contribution in [2.75, 3.05) is 57.8 Å². The van der Waals surface area contributed by atoms with Crippen molar-refractivity contribution in [3.05, 3.63) is 35.4 Å². The van der Waals surface area contributed by atoms with Crippen LogP contribution in [0.3, 0.4) is 0 Å². The van der Waals surface area contributed by atoms with E-state index in [4.69, 9.17) is 5.11 Å². The van der Waals surface area contributed by atoms with Gasteiger partial charge in [0, 0.05) is 32.2 Å². The molecule has 13 heteroatoms. The highest BCUT2D eigenvalue weighted by molar-refractivity contribution is 7.92. The zero-order valence-electron chi connectivity index (χ0n) is 23.8. The van der Waals surface area contributed by atoms with Gasteiger partial charge in [-0.2, -0.15) is 0 Å². The van der Waals surface area contributed by atoms with E-state index in [0.29, 0.717) is 63.1 Å². The van der Waals surface area contributed by atoms with Crippen molar-refractivity contribution in [3.63, 3.8) is 0 Å². The standard InChI is InChI=1S/C28H43F2N3O6S2/c1-40(36,37)33-15-4-22(5-16-33)27(23-18-24(29)20-25(30)19-23)8-12-31-10-2-21(3-11-31)9-17-41(38,39)26-6-13-32(14-7-26)28(34)35/h18-22,26-27H,2-17H2,1H3,(H,34,35). The van der Waals surface area contributed by atoms with E-state index in [1.54, 1.807) is 0 Å². The molecule has 41 heavy (non-hydrogen) atoms. The Morgan fingerprint density at radius 3 is 2.02 bits per heavy atom. The fraction of sp³-hybridized carbons (Fsp3) is 0.750. The Hall–Kier alpha value is -1.83. The average molecular weight is 620 g/mol. The molecular weight excluding hydrogens is 576 g/mol. The Bertz CT molecular complexity index is 1240. The van der Waals surface area contributed by atoms with Gasteiger partial charge in [-0.15, -0.1) is 0 Å². The first-order valence-electron chi connectivity index (χ1n) is 14.6. The van der Waals surface area contributed by atoms with E-state index in [-0.39, 0.29) is 30.7 Å². The molecule has 1 aromatic rings. The minimum atomic E-state index is -3.27. The van der Waals surface area contributed by atoms with Crippen LogP contribution in [-0.4, -0.2) is 105 Å². The van der Waals surface area contributed by atoms with Crippen molar-refractivity contribution < 1.29 is 35.5 Å². The molecule has 3 heterocycles. The van der Waals surface area contributed by atoms with E-state index in [9.17, 15) is 30.4 Å². The number of sulfonamides is 1. The van der Waals surface area contributed by atoms with Crippen molar-refractivity contribution in [1.29, 1.82) is 0 Å². The number of carbonyl (C=O) groups is 1. The summed E-state index contributed by atoms with van der Waals surface area (Å²) in [7, 11) is -6.54. The van der Waals surface area contributed by atoms with Gasteiger partial charge in [0.15, 0.2) is 9.84 Å². The summed E-state index contributed by atoms with van der Waals surface area (Å²) in [6.45, 7) is 3.75. The number of hydrogen-bond donors (Lipinski definition) is 1. The Balaban J connectivity index is 1.27. The maximum Gasteiger partial charge on any atom is 0.407 e. The van der Waals surface area contributed by atoms with E-state index in [1.165, 1.54) is 27.6 Å². The van der Waals surface area contributed by atoms with Crippen LogP contribution in [0.4, 0.5) is 13.6 Å². The number of likely N-dealkylation sites (tertiary alicyclic amines) is 2. The molecule has 1 amide bonds. The van der Waals surface area contributed by atoms with Crippen LogP contribution in [0.1, 0.15) is 62.8 Å². The normalized spacial score (nSPS) is 22.2. The molecule has 0 saturated carbocycles. The molecule has 1 aromatic carbocycles. The summed E-state index contributed by atoms with van der Waals surface area (Å²) >= 11 is 0. The lowest BCUT2D eigenvalue weighted by Crippen LogP contribution is -2.42. The summed E-state index contributed by atoms with van der Waals surface area (Å²) in [6.07, 6.45) is 5.30. The van der Waals surface area contributed by atoms with Crippen LogP contribution in [0.5, 0.6) is 0 Å². The van der Waals surface area contributed by atoms with Gasteiger partial charge < -0.3 is 14.9 Å². The van der Waals surface area contributed by atoms with Gasteiger partial charge in [0.1, 0.15) is 11.6 Å². The summed E-state index contributed by atoms with van der Waals surface area (Å²) in [6, 6.07) is 3.67. The maximum atomic E-state index is 14.1. The first-order valence-corrected chi connectivity index (χ1v) is 18.2. The SMILES string of the molecule is CS(=O)(=O)N1CCC(C(CCN2CCC(CCS(=O)(=O)C3CCN(C(=O)O)CC3)CC2)c2cc(F)cc(F)c2)CC1.